The molecular weight excluding hydrogens is 359 g/mol. The molecule has 0 aliphatic carbocycles. The first-order chi connectivity index (χ1) is 11.8. The molecule has 2 aromatic rings. The summed E-state index contributed by atoms with van der Waals surface area (Å²) >= 11 is 6.09. The second-order valence-electron chi connectivity index (χ2n) is 5.77. The van der Waals surface area contributed by atoms with Gasteiger partial charge in [-0.25, -0.2) is 4.98 Å². The van der Waals surface area contributed by atoms with Gasteiger partial charge in [-0.05, 0) is 24.1 Å². The van der Waals surface area contributed by atoms with E-state index >= 15 is 0 Å². The molecule has 1 aliphatic heterocycles. The van der Waals surface area contributed by atoms with Crippen molar-refractivity contribution in [1.29, 1.82) is 0 Å². The Bertz CT molecular complexity index is 851. The lowest BCUT2D eigenvalue weighted by Gasteiger charge is -2.28. The number of hydrogen-bond acceptors (Lipinski definition) is 4. The Morgan fingerprint density at radius 3 is 2.80 bits per heavy atom. The minimum Gasteiger partial charge on any atom is -0.495 e. The van der Waals surface area contributed by atoms with Crippen molar-refractivity contribution in [2.24, 2.45) is 0 Å². The molecule has 0 spiro atoms. The van der Waals surface area contributed by atoms with Gasteiger partial charge in [0.05, 0.1) is 17.8 Å². The molecule has 25 heavy (non-hydrogen) atoms. The number of fused-ring (bicyclic) bond motifs is 1. The fourth-order valence-electron chi connectivity index (χ4n) is 2.83. The lowest BCUT2D eigenvalue weighted by Crippen LogP contribution is -2.36. The molecule has 0 amide bonds. The van der Waals surface area contributed by atoms with Crippen LogP contribution in [0.4, 0.5) is 13.2 Å². The largest absolute Gasteiger partial charge is 0.495 e. The van der Waals surface area contributed by atoms with Crippen molar-refractivity contribution in [3.05, 3.63) is 56.2 Å². The highest BCUT2D eigenvalue weighted by Crippen LogP contribution is 2.28. The van der Waals surface area contributed by atoms with Crippen LogP contribution < -0.4 is 10.3 Å². The maximum atomic E-state index is 12.8. The molecule has 0 atom stereocenters. The summed E-state index contributed by atoms with van der Waals surface area (Å²) in [7, 11) is 1.52. The number of hydrogen-bond donors (Lipinski definition) is 1. The summed E-state index contributed by atoms with van der Waals surface area (Å²) in [5, 5.41) is 0.464. The molecule has 0 saturated carbocycles. The standard InChI is InChI=1S/C16H15ClF3N3O2/c1-25-13-3-2-9(6-11(13)17)7-23-5-4-10-12(8-23)21-15(16(18,19)20)22-14(10)24/h2-3,6H,4-5,7-8H2,1H3,(H,21,22,24). The number of ether oxygens (including phenoxy) is 1. The average Bonchev–Trinajstić information content (AvgIpc) is 2.54. The molecule has 1 N–H and O–H groups in total. The van der Waals surface area contributed by atoms with Gasteiger partial charge in [0.1, 0.15) is 5.75 Å². The van der Waals surface area contributed by atoms with Crippen LogP contribution in [-0.4, -0.2) is 28.5 Å². The molecular formula is C16H15ClF3N3O2. The highest BCUT2D eigenvalue weighted by Gasteiger charge is 2.35. The van der Waals surface area contributed by atoms with Crippen LogP contribution in [0.3, 0.4) is 0 Å². The molecule has 3 rings (SSSR count). The second-order valence-corrected chi connectivity index (χ2v) is 6.17. The predicted octanol–water partition coefficient (Wildman–Crippen LogP) is 3.01. The monoisotopic (exact) mass is 373 g/mol. The molecule has 5 nitrogen and oxygen atoms in total. The molecule has 2 heterocycles. The number of rotatable bonds is 3. The van der Waals surface area contributed by atoms with Gasteiger partial charge in [0.25, 0.3) is 5.56 Å². The summed E-state index contributed by atoms with van der Waals surface area (Å²) in [6, 6.07) is 5.33. The summed E-state index contributed by atoms with van der Waals surface area (Å²) in [5.74, 6) is -0.706. The van der Waals surface area contributed by atoms with Gasteiger partial charge in [-0.1, -0.05) is 17.7 Å². The summed E-state index contributed by atoms with van der Waals surface area (Å²) < 4.78 is 43.6. The minimum absolute atomic E-state index is 0.168. The number of nitrogens with zero attached hydrogens (tertiary/aromatic N) is 2. The van der Waals surface area contributed by atoms with Gasteiger partial charge in [0, 0.05) is 25.2 Å². The maximum absolute atomic E-state index is 12.8. The average molecular weight is 374 g/mol. The Kier molecular flexibility index (Phi) is 4.75. The summed E-state index contributed by atoms with van der Waals surface area (Å²) in [4.78, 5) is 19.2. The summed E-state index contributed by atoms with van der Waals surface area (Å²) in [5.41, 5.74) is 0.665. The number of halogens is 4. The Morgan fingerprint density at radius 1 is 1.40 bits per heavy atom. The fraction of sp³-hybridized carbons (Fsp3) is 0.375. The lowest BCUT2D eigenvalue weighted by atomic mass is 10.1. The van der Waals surface area contributed by atoms with Crippen LogP contribution >= 0.6 is 11.6 Å². The molecule has 1 aromatic carbocycles. The topological polar surface area (TPSA) is 58.2 Å². The molecule has 0 fully saturated rings. The molecule has 1 aliphatic rings. The molecule has 1 aromatic heterocycles. The minimum atomic E-state index is -4.68. The van der Waals surface area contributed by atoms with E-state index in [-0.39, 0.29) is 12.2 Å². The highest BCUT2D eigenvalue weighted by atomic mass is 35.5. The van der Waals surface area contributed by atoms with Crippen molar-refractivity contribution >= 4 is 11.6 Å². The number of H-pyrrole nitrogens is 1. The summed E-state index contributed by atoms with van der Waals surface area (Å²) in [6.45, 7) is 1.21. The van der Waals surface area contributed by atoms with E-state index < -0.39 is 17.6 Å². The van der Waals surface area contributed by atoms with E-state index in [0.29, 0.717) is 35.8 Å². The van der Waals surface area contributed by atoms with E-state index in [2.05, 4.69) is 4.98 Å². The first-order valence-corrected chi connectivity index (χ1v) is 7.89. The van der Waals surface area contributed by atoms with E-state index in [0.717, 1.165) is 5.56 Å². The van der Waals surface area contributed by atoms with Crippen LogP contribution in [0.15, 0.2) is 23.0 Å². The maximum Gasteiger partial charge on any atom is 0.449 e. The van der Waals surface area contributed by atoms with E-state index in [9.17, 15) is 18.0 Å². The van der Waals surface area contributed by atoms with Gasteiger partial charge in [0.2, 0.25) is 5.82 Å². The zero-order valence-corrected chi connectivity index (χ0v) is 14.0. The smallest absolute Gasteiger partial charge is 0.449 e. The van der Waals surface area contributed by atoms with E-state index in [1.165, 1.54) is 7.11 Å². The second kappa shape index (κ2) is 6.68. The van der Waals surface area contributed by atoms with Gasteiger partial charge in [-0.3, -0.25) is 9.69 Å². The van der Waals surface area contributed by atoms with Gasteiger partial charge in [-0.15, -0.1) is 0 Å². The van der Waals surface area contributed by atoms with E-state index in [4.69, 9.17) is 16.3 Å². The number of benzene rings is 1. The van der Waals surface area contributed by atoms with Crippen molar-refractivity contribution in [2.45, 2.75) is 25.7 Å². The lowest BCUT2D eigenvalue weighted by molar-refractivity contribution is -0.145. The Hall–Kier alpha value is -2.06. The normalized spacial score (nSPS) is 15.1. The first-order valence-electron chi connectivity index (χ1n) is 7.52. The third-order valence-electron chi connectivity index (χ3n) is 4.04. The number of aromatic amines is 1. The number of aromatic nitrogens is 2. The van der Waals surface area contributed by atoms with Gasteiger partial charge in [0.15, 0.2) is 0 Å². The van der Waals surface area contributed by atoms with Crippen LogP contribution in [0.25, 0.3) is 0 Å². The quantitative estimate of drug-likeness (QED) is 0.898. The van der Waals surface area contributed by atoms with Crippen LogP contribution in [-0.2, 0) is 25.7 Å². The van der Waals surface area contributed by atoms with Crippen molar-refractivity contribution in [1.82, 2.24) is 14.9 Å². The van der Waals surface area contributed by atoms with Gasteiger partial charge < -0.3 is 9.72 Å². The molecule has 134 valence electrons. The van der Waals surface area contributed by atoms with Crippen LogP contribution in [0, 0.1) is 0 Å². The molecule has 0 bridgehead atoms. The molecule has 9 heteroatoms. The van der Waals surface area contributed by atoms with Crippen LogP contribution in [0.5, 0.6) is 5.75 Å². The van der Waals surface area contributed by atoms with Crippen molar-refractivity contribution in [3.8, 4) is 5.75 Å². The van der Waals surface area contributed by atoms with Crippen LogP contribution in [0.2, 0.25) is 5.02 Å². The van der Waals surface area contributed by atoms with Gasteiger partial charge in [-0.2, -0.15) is 13.2 Å². The number of nitrogens with one attached hydrogen (secondary N) is 1. The van der Waals surface area contributed by atoms with Crippen molar-refractivity contribution in [3.63, 3.8) is 0 Å². The van der Waals surface area contributed by atoms with E-state index in [1.54, 1.807) is 12.1 Å². The highest BCUT2D eigenvalue weighted by molar-refractivity contribution is 6.32. The zero-order chi connectivity index (χ0) is 18.2. The molecule has 0 unspecified atom stereocenters. The van der Waals surface area contributed by atoms with Crippen molar-refractivity contribution in [2.75, 3.05) is 13.7 Å². The van der Waals surface area contributed by atoms with E-state index in [1.807, 2.05) is 16.0 Å². The summed E-state index contributed by atoms with van der Waals surface area (Å²) in [6.07, 6.45) is -4.33. The Morgan fingerprint density at radius 2 is 2.16 bits per heavy atom. The SMILES string of the molecule is COc1ccc(CN2CCc3c(nc(C(F)(F)F)[nH]c3=O)C2)cc1Cl. The molecule has 0 radical (unpaired) electrons. The Balaban J connectivity index is 1.82. The third kappa shape index (κ3) is 3.80. The fourth-order valence-corrected chi connectivity index (χ4v) is 3.11. The van der Waals surface area contributed by atoms with Crippen LogP contribution in [0.1, 0.15) is 22.6 Å². The van der Waals surface area contributed by atoms with Crippen molar-refractivity contribution < 1.29 is 17.9 Å². The molecule has 0 saturated heterocycles. The first kappa shape index (κ1) is 17.8. The Labute approximate surface area is 146 Å². The van der Waals surface area contributed by atoms with Gasteiger partial charge >= 0.3 is 6.18 Å². The number of methoxy groups -OCH3 is 1. The number of alkyl halides is 3. The third-order valence-corrected chi connectivity index (χ3v) is 4.34. The predicted molar refractivity (Wildman–Crippen MR) is 85.7 cm³/mol. The zero-order valence-electron chi connectivity index (χ0n) is 13.3.